The zero-order valence-corrected chi connectivity index (χ0v) is 14.9. The molecule has 132 valence electrons. The molecule has 0 bridgehead atoms. The van der Waals surface area contributed by atoms with Crippen LogP contribution in [0.1, 0.15) is 31.2 Å². The Labute approximate surface area is 152 Å². The second-order valence-electron chi connectivity index (χ2n) is 7.21. The van der Waals surface area contributed by atoms with Gasteiger partial charge in [0.05, 0.1) is 0 Å². The molecule has 0 spiro atoms. The molecule has 0 unspecified atom stereocenters. The van der Waals surface area contributed by atoms with Crippen molar-refractivity contribution < 1.29 is 4.79 Å². The van der Waals surface area contributed by atoms with Crippen molar-refractivity contribution in [3.05, 3.63) is 53.3 Å². The molecule has 1 aliphatic heterocycles. The molecule has 5 nitrogen and oxygen atoms in total. The molecule has 6 heteroatoms. The van der Waals surface area contributed by atoms with Crippen molar-refractivity contribution >= 4 is 17.5 Å². The van der Waals surface area contributed by atoms with Gasteiger partial charge >= 0.3 is 0 Å². The fourth-order valence-electron chi connectivity index (χ4n) is 3.87. The Bertz CT molecular complexity index is 749. The van der Waals surface area contributed by atoms with Crippen LogP contribution in [0.15, 0.2) is 42.7 Å². The number of rotatable bonds is 5. The summed E-state index contributed by atoms with van der Waals surface area (Å²) in [4.78, 5) is 13.2. The molecule has 2 N–H and O–H groups in total. The number of benzene rings is 1. The molecule has 2 fully saturated rings. The van der Waals surface area contributed by atoms with Crippen LogP contribution in [-0.2, 0) is 15.7 Å². The van der Waals surface area contributed by atoms with Gasteiger partial charge in [0.15, 0.2) is 0 Å². The van der Waals surface area contributed by atoms with Crippen molar-refractivity contribution in [2.75, 3.05) is 19.6 Å². The number of hydrogen-bond donors (Lipinski definition) is 2. The number of carbonyl (C=O) groups is 1. The molecule has 0 radical (unpaired) electrons. The molecule has 1 aliphatic carbocycles. The molecular weight excluding hydrogens is 336 g/mol. The largest absolute Gasteiger partial charge is 0.353 e. The molecule has 25 heavy (non-hydrogen) atoms. The van der Waals surface area contributed by atoms with Crippen LogP contribution in [0.5, 0.6) is 0 Å². The van der Waals surface area contributed by atoms with E-state index >= 15 is 0 Å². The first-order chi connectivity index (χ1) is 12.1. The Morgan fingerprint density at radius 1 is 1.24 bits per heavy atom. The number of hydrogen-bond acceptors (Lipinski definition) is 3. The van der Waals surface area contributed by atoms with Crippen molar-refractivity contribution in [1.29, 1.82) is 0 Å². The number of aromatic nitrogens is 2. The second-order valence-corrected chi connectivity index (χ2v) is 7.64. The summed E-state index contributed by atoms with van der Waals surface area (Å²) in [5.41, 5.74) is 0.677. The quantitative estimate of drug-likeness (QED) is 0.863. The van der Waals surface area contributed by atoms with Gasteiger partial charge < -0.3 is 10.6 Å². The third-order valence-electron chi connectivity index (χ3n) is 5.67. The topological polar surface area (TPSA) is 59.0 Å². The van der Waals surface area contributed by atoms with Crippen LogP contribution in [0.25, 0.3) is 0 Å². The van der Waals surface area contributed by atoms with Crippen LogP contribution in [0.2, 0.25) is 5.02 Å². The molecule has 1 aromatic carbocycles. The Morgan fingerprint density at radius 2 is 2.04 bits per heavy atom. The number of halogens is 1. The smallest absolute Gasteiger partial charge is 0.248 e. The van der Waals surface area contributed by atoms with E-state index in [1.54, 1.807) is 6.20 Å². The van der Waals surface area contributed by atoms with Gasteiger partial charge in [-0.2, -0.15) is 5.10 Å². The first kappa shape index (κ1) is 16.6. The van der Waals surface area contributed by atoms with Gasteiger partial charge in [-0.3, -0.25) is 9.48 Å². The number of nitrogens with zero attached hydrogens (tertiary/aromatic N) is 2. The first-order valence-corrected chi connectivity index (χ1v) is 9.28. The number of amides is 1. The molecule has 1 amide bonds. The minimum Gasteiger partial charge on any atom is -0.353 e. The lowest BCUT2D eigenvalue weighted by atomic mass is 9.87. The Kier molecular flexibility index (Phi) is 4.29. The predicted octanol–water partition coefficient (Wildman–Crippen LogP) is 2.46. The summed E-state index contributed by atoms with van der Waals surface area (Å²) in [5.74, 6) is 0.0750. The third-order valence-corrected chi connectivity index (χ3v) is 5.91. The highest BCUT2D eigenvalue weighted by atomic mass is 35.5. The Morgan fingerprint density at radius 3 is 2.68 bits per heavy atom. The Hall–Kier alpha value is -1.85. The first-order valence-electron chi connectivity index (χ1n) is 8.90. The maximum atomic E-state index is 13.2. The lowest BCUT2D eigenvalue weighted by Gasteiger charge is -2.37. The summed E-state index contributed by atoms with van der Waals surface area (Å²) < 4.78 is 1.84. The van der Waals surface area contributed by atoms with Crippen LogP contribution < -0.4 is 10.6 Å². The summed E-state index contributed by atoms with van der Waals surface area (Å²) in [6, 6.07) is 9.89. The van der Waals surface area contributed by atoms with Gasteiger partial charge in [0.25, 0.3) is 0 Å². The highest BCUT2D eigenvalue weighted by Crippen LogP contribution is 2.48. The van der Waals surface area contributed by atoms with Crippen molar-refractivity contribution in [2.24, 2.45) is 0 Å². The number of nitrogens with one attached hydrogen (secondary N) is 2. The summed E-state index contributed by atoms with van der Waals surface area (Å²) in [6.07, 6.45) is 7.32. The van der Waals surface area contributed by atoms with E-state index in [0.717, 1.165) is 43.8 Å². The minimum atomic E-state index is -0.584. The van der Waals surface area contributed by atoms with E-state index in [2.05, 4.69) is 21.8 Å². The maximum Gasteiger partial charge on any atom is 0.248 e. The summed E-state index contributed by atoms with van der Waals surface area (Å²) in [6.45, 7) is 2.31. The molecule has 1 saturated carbocycles. The van der Waals surface area contributed by atoms with Crippen molar-refractivity contribution in [1.82, 2.24) is 20.4 Å². The lowest BCUT2D eigenvalue weighted by Crippen LogP contribution is -2.55. The average Bonchev–Trinajstić information content (AvgIpc) is 3.23. The Balaban J connectivity index is 1.51. The third kappa shape index (κ3) is 3.07. The van der Waals surface area contributed by atoms with Crippen molar-refractivity contribution in [3.63, 3.8) is 0 Å². The van der Waals surface area contributed by atoms with Crippen molar-refractivity contribution in [2.45, 2.75) is 36.6 Å². The normalized spacial score (nSPS) is 20.8. The molecule has 4 rings (SSSR count). The van der Waals surface area contributed by atoms with Crippen LogP contribution in [0.3, 0.4) is 0 Å². The van der Waals surface area contributed by atoms with Gasteiger partial charge in [-0.1, -0.05) is 23.7 Å². The fraction of sp³-hybridized carbons (Fsp3) is 0.474. The maximum absolute atomic E-state index is 13.2. The van der Waals surface area contributed by atoms with Gasteiger partial charge in [-0.25, -0.2) is 0 Å². The summed E-state index contributed by atoms with van der Waals surface area (Å²) in [7, 11) is 0. The molecule has 2 aromatic rings. The van der Waals surface area contributed by atoms with Crippen LogP contribution >= 0.6 is 11.6 Å². The zero-order chi connectivity index (χ0) is 17.3. The molecular formula is C19H23ClN4O. The van der Waals surface area contributed by atoms with Gasteiger partial charge in [0, 0.05) is 29.4 Å². The standard InChI is InChI=1S/C19H23ClN4O/c20-16-4-1-3-15(13-16)18(5-6-18)14-22-17(25)19(7-10-21-11-8-19)24-12-2-9-23-24/h1-4,9,12-13,21H,5-8,10-11,14H2,(H,22,25). The number of piperidine rings is 1. The lowest BCUT2D eigenvalue weighted by molar-refractivity contribution is -0.132. The van der Waals surface area contributed by atoms with Gasteiger partial charge in [-0.15, -0.1) is 0 Å². The van der Waals surface area contributed by atoms with E-state index in [0.29, 0.717) is 6.54 Å². The van der Waals surface area contributed by atoms with E-state index in [4.69, 9.17) is 11.6 Å². The van der Waals surface area contributed by atoms with Gasteiger partial charge in [0.1, 0.15) is 5.54 Å². The van der Waals surface area contributed by atoms with Crippen molar-refractivity contribution in [3.8, 4) is 0 Å². The molecule has 0 atom stereocenters. The second kappa shape index (κ2) is 6.46. The predicted molar refractivity (Wildman–Crippen MR) is 97.7 cm³/mol. The van der Waals surface area contributed by atoms with E-state index in [1.807, 2.05) is 35.1 Å². The summed E-state index contributed by atoms with van der Waals surface area (Å²) in [5, 5.41) is 11.7. The van der Waals surface area contributed by atoms with E-state index < -0.39 is 5.54 Å². The van der Waals surface area contributed by atoms with Crippen LogP contribution in [-0.4, -0.2) is 35.3 Å². The fourth-order valence-corrected chi connectivity index (χ4v) is 4.06. The highest BCUT2D eigenvalue weighted by Gasteiger charge is 2.47. The highest BCUT2D eigenvalue weighted by molar-refractivity contribution is 6.30. The molecule has 1 aromatic heterocycles. The van der Waals surface area contributed by atoms with Gasteiger partial charge in [0.2, 0.25) is 5.91 Å². The van der Waals surface area contributed by atoms with Crippen LogP contribution in [0, 0.1) is 0 Å². The minimum absolute atomic E-state index is 0.0405. The SMILES string of the molecule is O=C(NCC1(c2cccc(Cl)c2)CC1)C1(n2cccn2)CCNCC1. The monoisotopic (exact) mass is 358 g/mol. The number of carbonyl (C=O) groups excluding carboxylic acids is 1. The van der Waals surface area contributed by atoms with E-state index in [-0.39, 0.29) is 11.3 Å². The van der Waals surface area contributed by atoms with E-state index in [9.17, 15) is 4.79 Å². The van der Waals surface area contributed by atoms with Crippen LogP contribution in [0.4, 0.5) is 0 Å². The zero-order valence-electron chi connectivity index (χ0n) is 14.2. The van der Waals surface area contributed by atoms with E-state index in [1.165, 1.54) is 5.56 Å². The molecule has 1 saturated heterocycles. The molecule has 2 heterocycles. The van der Waals surface area contributed by atoms with Gasteiger partial charge in [-0.05, 0) is 62.5 Å². The summed E-state index contributed by atoms with van der Waals surface area (Å²) >= 11 is 6.15. The average molecular weight is 359 g/mol. The molecule has 2 aliphatic rings.